The van der Waals surface area contributed by atoms with Gasteiger partial charge in [0.05, 0.1) is 0 Å². The summed E-state index contributed by atoms with van der Waals surface area (Å²) < 4.78 is 16.3. The van der Waals surface area contributed by atoms with Gasteiger partial charge in [-0.15, -0.1) is 0 Å². The third kappa shape index (κ3) is 4.50. The number of hydrogen-bond donors (Lipinski definition) is 1. The first-order chi connectivity index (χ1) is 12.5. The van der Waals surface area contributed by atoms with E-state index >= 15 is 0 Å². The van der Waals surface area contributed by atoms with Crippen molar-refractivity contribution in [2.45, 2.75) is 33.8 Å². The number of amides is 1. The van der Waals surface area contributed by atoms with Crippen molar-refractivity contribution in [2.75, 3.05) is 6.54 Å². The minimum Gasteiger partial charge on any atom is -0.485 e. The van der Waals surface area contributed by atoms with Crippen LogP contribution < -0.4 is 10.1 Å². The number of rotatable bonds is 7. The van der Waals surface area contributed by atoms with Gasteiger partial charge < -0.3 is 19.0 Å². The summed E-state index contributed by atoms with van der Waals surface area (Å²) in [5.41, 5.74) is 2.24. The molecule has 2 heterocycles. The van der Waals surface area contributed by atoms with Crippen LogP contribution in [0, 0.1) is 20.8 Å². The smallest absolute Gasteiger partial charge is 0.287 e. The zero-order valence-corrected chi connectivity index (χ0v) is 15.0. The molecule has 1 N–H and O–H groups in total. The Morgan fingerprint density at radius 3 is 2.77 bits per heavy atom. The number of furan rings is 1. The molecule has 0 saturated heterocycles. The number of aromatic nitrogens is 2. The first-order valence-electron chi connectivity index (χ1n) is 8.37. The van der Waals surface area contributed by atoms with E-state index in [1.54, 1.807) is 19.1 Å². The van der Waals surface area contributed by atoms with E-state index in [1.807, 2.05) is 26.0 Å². The van der Waals surface area contributed by atoms with Crippen LogP contribution in [0.15, 0.2) is 39.3 Å². The Balaban J connectivity index is 1.49. The van der Waals surface area contributed by atoms with E-state index in [9.17, 15) is 4.79 Å². The van der Waals surface area contributed by atoms with E-state index in [4.69, 9.17) is 13.7 Å². The fourth-order valence-electron chi connectivity index (χ4n) is 2.50. The van der Waals surface area contributed by atoms with Crippen LogP contribution in [-0.2, 0) is 13.0 Å². The molecule has 1 amide bonds. The van der Waals surface area contributed by atoms with Gasteiger partial charge in [0.15, 0.2) is 11.6 Å². The van der Waals surface area contributed by atoms with Gasteiger partial charge in [-0.3, -0.25) is 4.79 Å². The van der Waals surface area contributed by atoms with Gasteiger partial charge in [-0.25, -0.2) is 0 Å². The molecule has 0 aliphatic heterocycles. The zero-order valence-electron chi connectivity index (χ0n) is 15.0. The highest BCUT2D eigenvalue weighted by molar-refractivity contribution is 5.91. The Bertz CT molecular complexity index is 898. The summed E-state index contributed by atoms with van der Waals surface area (Å²) in [5, 5.41) is 6.46. The van der Waals surface area contributed by atoms with Crippen molar-refractivity contribution in [1.82, 2.24) is 15.5 Å². The average molecular weight is 355 g/mol. The molecule has 3 aromatic rings. The van der Waals surface area contributed by atoms with Crippen LogP contribution in [-0.4, -0.2) is 22.6 Å². The standard InChI is InChI=1S/C19H21N3O4/c1-12-4-6-16(13(2)10-12)24-11-15-5-7-17(25-15)19(23)20-9-8-18-21-14(3)22-26-18/h4-7,10H,8-9,11H2,1-3H3,(H,20,23). The molecule has 0 aliphatic carbocycles. The SMILES string of the molecule is Cc1ccc(OCc2ccc(C(=O)NCCc3nc(C)no3)o2)c(C)c1. The Kier molecular flexibility index (Phi) is 5.36. The number of ether oxygens (including phenoxy) is 1. The molecular weight excluding hydrogens is 334 g/mol. The highest BCUT2D eigenvalue weighted by Gasteiger charge is 2.12. The maximum absolute atomic E-state index is 12.1. The van der Waals surface area contributed by atoms with Gasteiger partial charge >= 0.3 is 0 Å². The molecule has 7 heteroatoms. The second-order valence-electron chi connectivity index (χ2n) is 6.06. The van der Waals surface area contributed by atoms with Crippen molar-refractivity contribution in [2.24, 2.45) is 0 Å². The molecular formula is C19H21N3O4. The summed E-state index contributed by atoms with van der Waals surface area (Å²) in [5.74, 6) is 2.40. The van der Waals surface area contributed by atoms with Crippen molar-refractivity contribution < 1.29 is 18.5 Å². The summed E-state index contributed by atoms with van der Waals surface area (Å²) in [6.45, 7) is 6.42. The van der Waals surface area contributed by atoms with E-state index in [0.717, 1.165) is 11.3 Å². The lowest BCUT2D eigenvalue weighted by Gasteiger charge is -2.08. The van der Waals surface area contributed by atoms with Crippen LogP contribution >= 0.6 is 0 Å². The van der Waals surface area contributed by atoms with Gasteiger partial charge in [-0.2, -0.15) is 4.98 Å². The van der Waals surface area contributed by atoms with Crippen molar-refractivity contribution >= 4 is 5.91 Å². The lowest BCUT2D eigenvalue weighted by molar-refractivity contribution is 0.0921. The Labute approximate surface area is 151 Å². The minimum absolute atomic E-state index is 0.242. The maximum atomic E-state index is 12.1. The Morgan fingerprint density at radius 1 is 1.19 bits per heavy atom. The van der Waals surface area contributed by atoms with Crippen LogP contribution in [0.3, 0.4) is 0 Å². The highest BCUT2D eigenvalue weighted by Crippen LogP contribution is 2.20. The number of carbonyl (C=O) groups is 1. The molecule has 0 fully saturated rings. The summed E-state index contributed by atoms with van der Waals surface area (Å²) in [4.78, 5) is 16.2. The van der Waals surface area contributed by atoms with Crippen LogP contribution in [0.25, 0.3) is 0 Å². The number of carbonyl (C=O) groups excluding carboxylic acids is 1. The summed E-state index contributed by atoms with van der Waals surface area (Å²) in [6.07, 6.45) is 0.468. The average Bonchev–Trinajstić information content (AvgIpc) is 3.23. The normalized spacial score (nSPS) is 10.7. The predicted molar refractivity (Wildman–Crippen MR) is 94.0 cm³/mol. The van der Waals surface area contributed by atoms with Gasteiger partial charge in [0.2, 0.25) is 5.89 Å². The van der Waals surface area contributed by atoms with Gasteiger partial charge in [0.25, 0.3) is 5.91 Å². The number of nitrogens with zero attached hydrogens (tertiary/aromatic N) is 2. The lowest BCUT2D eigenvalue weighted by Crippen LogP contribution is -2.25. The molecule has 0 aliphatic rings. The number of benzene rings is 1. The molecule has 0 atom stereocenters. The maximum Gasteiger partial charge on any atom is 0.287 e. The molecule has 0 saturated carbocycles. The van der Waals surface area contributed by atoms with Gasteiger partial charge in [-0.1, -0.05) is 22.9 Å². The largest absolute Gasteiger partial charge is 0.485 e. The van der Waals surface area contributed by atoms with E-state index < -0.39 is 0 Å². The first-order valence-corrected chi connectivity index (χ1v) is 8.37. The van der Waals surface area contributed by atoms with Crippen LogP contribution in [0.5, 0.6) is 5.75 Å². The van der Waals surface area contributed by atoms with Crippen LogP contribution in [0.4, 0.5) is 0 Å². The Morgan fingerprint density at radius 2 is 2.04 bits per heavy atom. The second-order valence-corrected chi connectivity index (χ2v) is 6.06. The fourth-order valence-corrected chi connectivity index (χ4v) is 2.50. The predicted octanol–water partition coefficient (Wildman–Crippen LogP) is 3.14. The Hall–Kier alpha value is -3.09. The van der Waals surface area contributed by atoms with Gasteiger partial charge in [0.1, 0.15) is 18.1 Å². The number of hydrogen-bond acceptors (Lipinski definition) is 6. The van der Waals surface area contributed by atoms with Crippen LogP contribution in [0.2, 0.25) is 0 Å². The van der Waals surface area contributed by atoms with Crippen LogP contribution in [0.1, 0.15) is 39.2 Å². The topological polar surface area (TPSA) is 90.4 Å². The van der Waals surface area contributed by atoms with Crippen molar-refractivity contribution in [3.05, 3.63) is 64.7 Å². The summed E-state index contributed by atoms with van der Waals surface area (Å²) in [6, 6.07) is 9.35. The van der Waals surface area contributed by atoms with Crippen molar-refractivity contribution in [1.29, 1.82) is 0 Å². The molecule has 2 aromatic heterocycles. The molecule has 0 radical (unpaired) electrons. The quantitative estimate of drug-likeness (QED) is 0.700. The molecule has 0 unspecified atom stereocenters. The third-order valence-electron chi connectivity index (χ3n) is 3.78. The third-order valence-corrected chi connectivity index (χ3v) is 3.78. The number of nitrogens with one attached hydrogen (secondary N) is 1. The molecule has 3 rings (SSSR count). The molecule has 1 aromatic carbocycles. The fraction of sp³-hybridized carbons (Fsp3) is 0.316. The monoisotopic (exact) mass is 355 g/mol. The minimum atomic E-state index is -0.293. The summed E-state index contributed by atoms with van der Waals surface area (Å²) >= 11 is 0. The first kappa shape index (κ1) is 17.7. The lowest BCUT2D eigenvalue weighted by atomic mass is 10.1. The van der Waals surface area contributed by atoms with E-state index in [0.29, 0.717) is 30.4 Å². The molecule has 26 heavy (non-hydrogen) atoms. The van der Waals surface area contributed by atoms with Gasteiger partial charge in [0, 0.05) is 13.0 Å². The van der Waals surface area contributed by atoms with E-state index in [2.05, 4.69) is 21.5 Å². The molecule has 0 spiro atoms. The summed E-state index contributed by atoms with van der Waals surface area (Å²) in [7, 11) is 0. The van der Waals surface area contributed by atoms with Crippen molar-refractivity contribution in [3.63, 3.8) is 0 Å². The van der Waals surface area contributed by atoms with E-state index in [1.165, 1.54) is 5.56 Å². The number of aryl methyl sites for hydroxylation is 3. The van der Waals surface area contributed by atoms with Crippen molar-refractivity contribution in [3.8, 4) is 5.75 Å². The second kappa shape index (κ2) is 7.86. The van der Waals surface area contributed by atoms with Gasteiger partial charge in [-0.05, 0) is 44.5 Å². The highest BCUT2D eigenvalue weighted by atomic mass is 16.5. The molecule has 7 nitrogen and oxygen atoms in total. The molecule has 0 bridgehead atoms. The van der Waals surface area contributed by atoms with E-state index in [-0.39, 0.29) is 18.3 Å². The molecule has 136 valence electrons. The zero-order chi connectivity index (χ0) is 18.5.